The molecule has 0 aliphatic carbocycles. The largest absolute Gasteiger partial charge is 0.340 e. The van der Waals surface area contributed by atoms with Gasteiger partial charge in [0.05, 0.1) is 12.2 Å². The van der Waals surface area contributed by atoms with Gasteiger partial charge < -0.3 is 10.2 Å². The van der Waals surface area contributed by atoms with E-state index in [1.54, 1.807) is 6.07 Å². The molecule has 23 heavy (non-hydrogen) atoms. The summed E-state index contributed by atoms with van der Waals surface area (Å²) in [6.07, 6.45) is 0.297. The van der Waals surface area contributed by atoms with E-state index in [2.05, 4.69) is 10.4 Å². The minimum absolute atomic E-state index is 0.0744. The smallest absolute Gasteiger partial charge is 0.266 e. The SMILES string of the molecule is O=C(CCn1nc(-c2ccccc2)ccc1=O)N1CCNCC1. The number of benzene rings is 1. The second kappa shape index (κ2) is 7.19. The molecule has 3 rings (SSSR count). The number of piperazine rings is 1. The first-order chi connectivity index (χ1) is 11.2. The fraction of sp³-hybridized carbons (Fsp3) is 0.353. The van der Waals surface area contributed by atoms with Gasteiger partial charge >= 0.3 is 0 Å². The summed E-state index contributed by atoms with van der Waals surface area (Å²) in [5.74, 6) is 0.0744. The highest BCUT2D eigenvalue weighted by molar-refractivity contribution is 5.76. The van der Waals surface area contributed by atoms with Crippen molar-refractivity contribution in [1.82, 2.24) is 20.0 Å². The number of carbonyl (C=O) groups excluding carboxylic acids is 1. The monoisotopic (exact) mass is 312 g/mol. The molecule has 0 saturated carbocycles. The number of nitrogens with zero attached hydrogens (tertiary/aromatic N) is 3. The summed E-state index contributed by atoms with van der Waals surface area (Å²) in [5.41, 5.74) is 1.51. The van der Waals surface area contributed by atoms with Gasteiger partial charge in [-0.1, -0.05) is 30.3 Å². The number of hydrogen-bond donors (Lipinski definition) is 1. The molecule has 0 spiro atoms. The van der Waals surface area contributed by atoms with Crippen LogP contribution in [0, 0.1) is 0 Å². The van der Waals surface area contributed by atoms with Crippen LogP contribution in [0.1, 0.15) is 6.42 Å². The van der Waals surface area contributed by atoms with Crippen molar-refractivity contribution in [3.8, 4) is 11.3 Å². The summed E-state index contributed by atoms with van der Waals surface area (Å²) in [5, 5.41) is 7.60. The van der Waals surface area contributed by atoms with E-state index in [1.807, 2.05) is 35.2 Å². The van der Waals surface area contributed by atoms with E-state index in [9.17, 15) is 9.59 Å². The molecule has 0 radical (unpaired) electrons. The third kappa shape index (κ3) is 3.84. The number of aryl methyl sites for hydroxylation is 1. The van der Waals surface area contributed by atoms with Gasteiger partial charge in [0.15, 0.2) is 0 Å². The molecule has 2 aromatic rings. The zero-order valence-corrected chi connectivity index (χ0v) is 12.9. The first kappa shape index (κ1) is 15.4. The van der Waals surface area contributed by atoms with Gasteiger partial charge in [-0.2, -0.15) is 5.10 Å². The average molecular weight is 312 g/mol. The van der Waals surface area contributed by atoms with Crippen LogP contribution < -0.4 is 10.9 Å². The topological polar surface area (TPSA) is 67.2 Å². The van der Waals surface area contributed by atoms with E-state index >= 15 is 0 Å². The van der Waals surface area contributed by atoms with Crippen LogP contribution in [-0.4, -0.2) is 46.8 Å². The number of amides is 1. The highest BCUT2D eigenvalue weighted by Gasteiger charge is 2.16. The third-order valence-corrected chi connectivity index (χ3v) is 3.94. The van der Waals surface area contributed by atoms with Crippen LogP contribution in [0.5, 0.6) is 0 Å². The van der Waals surface area contributed by atoms with E-state index < -0.39 is 0 Å². The zero-order valence-electron chi connectivity index (χ0n) is 12.9. The van der Waals surface area contributed by atoms with Crippen molar-refractivity contribution < 1.29 is 4.79 Å². The Hall–Kier alpha value is -2.47. The lowest BCUT2D eigenvalue weighted by molar-refractivity contribution is -0.132. The minimum Gasteiger partial charge on any atom is -0.340 e. The fourth-order valence-corrected chi connectivity index (χ4v) is 2.65. The van der Waals surface area contributed by atoms with Gasteiger partial charge in [-0.3, -0.25) is 9.59 Å². The Morgan fingerprint density at radius 3 is 2.57 bits per heavy atom. The molecule has 1 amide bonds. The Labute approximate surface area is 134 Å². The predicted molar refractivity (Wildman–Crippen MR) is 88.0 cm³/mol. The number of aromatic nitrogens is 2. The van der Waals surface area contributed by atoms with Gasteiger partial charge in [-0.15, -0.1) is 0 Å². The zero-order chi connectivity index (χ0) is 16.1. The number of nitrogens with one attached hydrogen (secondary N) is 1. The Kier molecular flexibility index (Phi) is 4.83. The van der Waals surface area contributed by atoms with E-state index in [1.165, 1.54) is 10.7 Å². The second-order valence-corrected chi connectivity index (χ2v) is 5.53. The van der Waals surface area contributed by atoms with Crippen LogP contribution in [0.15, 0.2) is 47.3 Å². The highest BCUT2D eigenvalue weighted by Crippen LogP contribution is 2.14. The van der Waals surface area contributed by atoms with Crippen molar-refractivity contribution in [2.45, 2.75) is 13.0 Å². The minimum atomic E-state index is -0.183. The molecule has 120 valence electrons. The van der Waals surface area contributed by atoms with Crippen LogP contribution >= 0.6 is 0 Å². The van der Waals surface area contributed by atoms with Crippen molar-refractivity contribution in [2.75, 3.05) is 26.2 Å². The number of rotatable bonds is 4. The van der Waals surface area contributed by atoms with E-state index in [-0.39, 0.29) is 11.5 Å². The molecule has 1 aromatic heterocycles. The van der Waals surface area contributed by atoms with Gasteiger partial charge in [0.2, 0.25) is 5.91 Å². The molecule has 0 unspecified atom stereocenters. The van der Waals surface area contributed by atoms with Crippen molar-refractivity contribution in [1.29, 1.82) is 0 Å². The van der Waals surface area contributed by atoms with Crippen molar-refractivity contribution in [3.05, 3.63) is 52.8 Å². The average Bonchev–Trinajstić information content (AvgIpc) is 2.62. The summed E-state index contributed by atoms with van der Waals surface area (Å²) in [7, 11) is 0. The maximum atomic E-state index is 12.2. The van der Waals surface area contributed by atoms with Crippen LogP contribution in [0.25, 0.3) is 11.3 Å². The molecule has 2 heterocycles. The molecule has 1 aliphatic rings. The van der Waals surface area contributed by atoms with Crippen LogP contribution in [0.4, 0.5) is 0 Å². The first-order valence-corrected chi connectivity index (χ1v) is 7.86. The molecular weight excluding hydrogens is 292 g/mol. The second-order valence-electron chi connectivity index (χ2n) is 5.53. The molecule has 1 saturated heterocycles. The van der Waals surface area contributed by atoms with Crippen LogP contribution in [0.3, 0.4) is 0 Å². The van der Waals surface area contributed by atoms with Gasteiger partial charge in [0.25, 0.3) is 5.56 Å². The Morgan fingerprint density at radius 2 is 1.83 bits per heavy atom. The lowest BCUT2D eigenvalue weighted by Gasteiger charge is -2.27. The van der Waals surface area contributed by atoms with Crippen LogP contribution in [0.2, 0.25) is 0 Å². The van der Waals surface area contributed by atoms with Gasteiger partial charge in [0.1, 0.15) is 0 Å². The molecular formula is C17H20N4O2. The Bertz CT molecular complexity index is 721. The summed E-state index contributed by atoms with van der Waals surface area (Å²) in [4.78, 5) is 26.0. The normalized spacial score (nSPS) is 14.7. The van der Waals surface area contributed by atoms with Crippen molar-refractivity contribution in [2.24, 2.45) is 0 Å². The van der Waals surface area contributed by atoms with E-state index in [4.69, 9.17) is 0 Å². The predicted octanol–water partition coefficient (Wildman–Crippen LogP) is 0.732. The molecule has 1 aromatic carbocycles. The van der Waals surface area contributed by atoms with Gasteiger partial charge in [0, 0.05) is 44.2 Å². The van der Waals surface area contributed by atoms with Crippen molar-refractivity contribution in [3.63, 3.8) is 0 Å². The number of carbonyl (C=O) groups is 1. The molecule has 1 N–H and O–H groups in total. The quantitative estimate of drug-likeness (QED) is 0.904. The summed E-state index contributed by atoms with van der Waals surface area (Å²) >= 11 is 0. The molecule has 1 fully saturated rings. The highest BCUT2D eigenvalue weighted by atomic mass is 16.2. The maximum absolute atomic E-state index is 12.2. The van der Waals surface area contributed by atoms with Crippen LogP contribution in [-0.2, 0) is 11.3 Å². The van der Waals surface area contributed by atoms with Gasteiger partial charge in [-0.05, 0) is 6.07 Å². The van der Waals surface area contributed by atoms with Gasteiger partial charge in [-0.25, -0.2) is 4.68 Å². The lowest BCUT2D eigenvalue weighted by Crippen LogP contribution is -2.46. The van der Waals surface area contributed by atoms with Crippen molar-refractivity contribution >= 4 is 5.91 Å². The molecule has 6 heteroatoms. The molecule has 6 nitrogen and oxygen atoms in total. The molecule has 0 atom stereocenters. The van der Waals surface area contributed by atoms with E-state index in [0.717, 1.165) is 37.4 Å². The third-order valence-electron chi connectivity index (χ3n) is 3.94. The Balaban J connectivity index is 1.70. The summed E-state index contributed by atoms with van der Waals surface area (Å²) in [6.45, 7) is 3.42. The fourth-order valence-electron chi connectivity index (χ4n) is 2.65. The summed E-state index contributed by atoms with van der Waals surface area (Å²) in [6, 6.07) is 12.9. The maximum Gasteiger partial charge on any atom is 0.266 e. The van der Waals surface area contributed by atoms with E-state index in [0.29, 0.717) is 13.0 Å². The Morgan fingerprint density at radius 1 is 1.09 bits per heavy atom. The molecule has 1 aliphatic heterocycles. The molecule has 0 bridgehead atoms. The lowest BCUT2D eigenvalue weighted by atomic mass is 10.1. The first-order valence-electron chi connectivity index (χ1n) is 7.86. The summed E-state index contributed by atoms with van der Waals surface area (Å²) < 4.78 is 1.38. The number of hydrogen-bond acceptors (Lipinski definition) is 4. The standard InChI is InChI=1S/C17H20N4O2/c22-16(20-12-9-18-10-13-20)8-11-21-17(23)7-6-15(19-21)14-4-2-1-3-5-14/h1-7,18H,8-13H2.